The average molecular weight is 428 g/mol. The molecule has 0 aliphatic carbocycles. The predicted molar refractivity (Wildman–Crippen MR) is 110 cm³/mol. The summed E-state index contributed by atoms with van der Waals surface area (Å²) in [5.74, 6) is 1.13. The lowest BCUT2D eigenvalue weighted by atomic mass is 10.1. The van der Waals surface area contributed by atoms with Crippen molar-refractivity contribution in [3.05, 3.63) is 54.6 Å². The van der Waals surface area contributed by atoms with E-state index in [0.717, 1.165) is 5.75 Å². The van der Waals surface area contributed by atoms with Gasteiger partial charge in [-0.25, -0.2) is 4.79 Å². The highest BCUT2D eigenvalue weighted by molar-refractivity contribution is 5.84. The second-order valence-corrected chi connectivity index (χ2v) is 7.21. The van der Waals surface area contributed by atoms with Gasteiger partial charge in [0.25, 0.3) is 0 Å². The molecular weight excluding hydrogens is 404 g/mol. The lowest BCUT2D eigenvalue weighted by Gasteiger charge is -2.18. The molecule has 2 aliphatic heterocycles. The topological polar surface area (TPSA) is 104 Å². The quantitative estimate of drug-likeness (QED) is 0.697. The molecule has 2 aromatic rings. The lowest BCUT2D eigenvalue weighted by molar-refractivity contribution is -0.126. The van der Waals surface area contributed by atoms with Gasteiger partial charge in [-0.1, -0.05) is 18.2 Å². The summed E-state index contributed by atoms with van der Waals surface area (Å²) in [6.07, 6.45) is -1.97. The van der Waals surface area contributed by atoms with Crippen molar-refractivity contribution in [2.45, 2.75) is 24.4 Å². The summed E-state index contributed by atoms with van der Waals surface area (Å²) in [6, 6.07) is 16.1. The normalized spacial score (nSPS) is 24.3. The van der Waals surface area contributed by atoms with Crippen LogP contribution in [0.1, 0.15) is 0 Å². The first kappa shape index (κ1) is 21.1. The molecule has 2 saturated heterocycles. The summed E-state index contributed by atoms with van der Waals surface area (Å²) in [5, 5.41) is 5.49. The number of hydrogen-bond acceptors (Lipinski definition) is 7. The first-order valence-electron chi connectivity index (χ1n) is 9.94. The van der Waals surface area contributed by atoms with Crippen molar-refractivity contribution < 1.29 is 33.3 Å². The molecule has 0 aromatic heterocycles. The van der Waals surface area contributed by atoms with E-state index in [0.29, 0.717) is 11.4 Å². The summed E-state index contributed by atoms with van der Waals surface area (Å²) in [4.78, 5) is 24.0. The molecule has 31 heavy (non-hydrogen) atoms. The van der Waals surface area contributed by atoms with Gasteiger partial charge >= 0.3 is 6.09 Å². The van der Waals surface area contributed by atoms with Crippen molar-refractivity contribution >= 4 is 17.7 Å². The molecule has 2 amide bonds. The first-order chi connectivity index (χ1) is 15.1. The van der Waals surface area contributed by atoms with E-state index < -0.39 is 18.3 Å². The van der Waals surface area contributed by atoms with E-state index in [4.69, 9.17) is 23.7 Å². The second kappa shape index (κ2) is 9.78. The van der Waals surface area contributed by atoms with E-state index in [1.54, 1.807) is 24.3 Å². The number of anilines is 1. The smallest absolute Gasteiger partial charge is 0.412 e. The standard InChI is InChI=1S/C22H24N2O7/c1-27-13-19(25)24-17-11-28-21-18(12-29-20(17)21)31-22(26)23-14-7-9-16(10-8-14)30-15-5-3-2-4-6-15/h2-10,17-18,20-21H,11-13H2,1H3,(H,23,26)(H,24,25)/t17-,18-,20-,21+/m1/s1. The third kappa shape index (κ3) is 5.32. The summed E-state index contributed by atoms with van der Waals surface area (Å²) in [6.45, 7) is 0.448. The van der Waals surface area contributed by atoms with Crippen LogP contribution in [-0.4, -0.2) is 63.3 Å². The third-order valence-corrected chi connectivity index (χ3v) is 4.97. The molecule has 2 aliphatic rings. The second-order valence-electron chi connectivity index (χ2n) is 7.21. The van der Waals surface area contributed by atoms with Crippen LogP contribution in [0.4, 0.5) is 10.5 Å². The number of amides is 2. The van der Waals surface area contributed by atoms with Crippen LogP contribution in [0.25, 0.3) is 0 Å². The van der Waals surface area contributed by atoms with Crippen LogP contribution in [0, 0.1) is 0 Å². The van der Waals surface area contributed by atoms with E-state index >= 15 is 0 Å². The van der Waals surface area contributed by atoms with Crippen LogP contribution < -0.4 is 15.4 Å². The van der Waals surface area contributed by atoms with Crippen LogP contribution in [0.5, 0.6) is 11.5 Å². The number of benzene rings is 2. The van der Waals surface area contributed by atoms with Gasteiger partial charge in [0.2, 0.25) is 5.91 Å². The van der Waals surface area contributed by atoms with Crippen molar-refractivity contribution in [2.24, 2.45) is 0 Å². The number of hydrogen-bond donors (Lipinski definition) is 2. The highest BCUT2D eigenvalue weighted by Crippen LogP contribution is 2.29. The predicted octanol–water partition coefficient (Wildman–Crippen LogP) is 2.32. The fraction of sp³-hybridized carbons (Fsp3) is 0.364. The molecular formula is C22H24N2O7. The Morgan fingerprint density at radius 3 is 2.42 bits per heavy atom. The molecule has 9 heteroatoms. The van der Waals surface area contributed by atoms with Crippen molar-refractivity contribution in [3.63, 3.8) is 0 Å². The Morgan fingerprint density at radius 1 is 0.968 bits per heavy atom. The van der Waals surface area contributed by atoms with Crippen LogP contribution in [0.3, 0.4) is 0 Å². The molecule has 0 spiro atoms. The maximum Gasteiger partial charge on any atom is 0.412 e. The van der Waals surface area contributed by atoms with Gasteiger partial charge < -0.3 is 29.0 Å². The van der Waals surface area contributed by atoms with E-state index in [2.05, 4.69) is 10.6 Å². The first-order valence-corrected chi connectivity index (χ1v) is 9.94. The third-order valence-electron chi connectivity index (χ3n) is 4.97. The van der Waals surface area contributed by atoms with E-state index in [1.807, 2.05) is 30.3 Å². The molecule has 2 aromatic carbocycles. The number of carbonyl (C=O) groups is 2. The zero-order valence-electron chi connectivity index (χ0n) is 17.0. The minimum absolute atomic E-state index is 0.0363. The number of rotatable bonds is 7. The highest BCUT2D eigenvalue weighted by atomic mass is 16.6. The van der Waals surface area contributed by atoms with Crippen molar-refractivity contribution in [2.75, 3.05) is 32.2 Å². The number of nitrogens with one attached hydrogen (secondary N) is 2. The Labute approximate surface area is 179 Å². The fourth-order valence-electron chi connectivity index (χ4n) is 3.58. The molecule has 2 fully saturated rings. The fourth-order valence-corrected chi connectivity index (χ4v) is 3.58. The lowest BCUT2D eigenvalue weighted by Crippen LogP contribution is -2.45. The number of para-hydroxylation sites is 1. The molecule has 0 radical (unpaired) electrons. The van der Waals surface area contributed by atoms with Crippen molar-refractivity contribution in [1.82, 2.24) is 5.32 Å². The largest absolute Gasteiger partial charge is 0.457 e. The van der Waals surface area contributed by atoms with Crippen LogP contribution in [0.2, 0.25) is 0 Å². The van der Waals surface area contributed by atoms with E-state index in [9.17, 15) is 9.59 Å². The van der Waals surface area contributed by atoms with Crippen molar-refractivity contribution in [3.8, 4) is 11.5 Å². The summed E-state index contributed by atoms with van der Waals surface area (Å²) in [5.41, 5.74) is 0.568. The molecule has 4 rings (SSSR count). The van der Waals surface area contributed by atoms with Gasteiger partial charge in [-0.05, 0) is 36.4 Å². The zero-order valence-corrected chi connectivity index (χ0v) is 17.0. The molecule has 4 atom stereocenters. The van der Waals surface area contributed by atoms with E-state index in [-0.39, 0.29) is 37.9 Å². The summed E-state index contributed by atoms with van der Waals surface area (Å²) >= 11 is 0. The zero-order chi connectivity index (χ0) is 21.6. The Kier molecular flexibility index (Phi) is 6.66. The molecule has 164 valence electrons. The maximum atomic E-state index is 12.3. The van der Waals surface area contributed by atoms with Crippen molar-refractivity contribution in [1.29, 1.82) is 0 Å². The summed E-state index contributed by atoms with van der Waals surface area (Å²) < 4.78 is 27.4. The minimum Gasteiger partial charge on any atom is -0.457 e. The van der Waals surface area contributed by atoms with Gasteiger partial charge in [-0.2, -0.15) is 0 Å². The van der Waals surface area contributed by atoms with Crippen LogP contribution >= 0.6 is 0 Å². The monoisotopic (exact) mass is 428 g/mol. The van der Waals surface area contributed by atoms with Gasteiger partial charge in [0.1, 0.15) is 30.3 Å². The van der Waals surface area contributed by atoms with Crippen LogP contribution in [0.15, 0.2) is 54.6 Å². The molecule has 0 bridgehead atoms. The maximum absolute atomic E-state index is 12.3. The SMILES string of the molecule is COCC(=O)N[C@@H]1CO[C@@H]2[C@@H]1OC[C@H]2OC(=O)Nc1ccc(Oc2ccccc2)cc1. The highest BCUT2D eigenvalue weighted by Gasteiger charge is 2.49. The molecule has 2 N–H and O–H groups in total. The Balaban J connectivity index is 1.26. The number of methoxy groups -OCH3 is 1. The Morgan fingerprint density at radius 2 is 1.68 bits per heavy atom. The number of carbonyl (C=O) groups excluding carboxylic acids is 2. The van der Waals surface area contributed by atoms with Gasteiger partial charge in [0, 0.05) is 12.8 Å². The van der Waals surface area contributed by atoms with Gasteiger partial charge in [0.15, 0.2) is 6.10 Å². The summed E-state index contributed by atoms with van der Waals surface area (Å²) in [7, 11) is 1.45. The van der Waals surface area contributed by atoms with Gasteiger partial charge in [0.05, 0.1) is 19.3 Å². The van der Waals surface area contributed by atoms with Gasteiger partial charge in [-0.15, -0.1) is 0 Å². The van der Waals surface area contributed by atoms with Gasteiger partial charge in [-0.3, -0.25) is 10.1 Å². The Hall–Kier alpha value is -3.14. The number of ether oxygens (including phenoxy) is 5. The molecule has 2 heterocycles. The molecule has 0 unspecified atom stereocenters. The minimum atomic E-state index is -0.610. The van der Waals surface area contributed by atoms with E-state index in [1.165, 1.54) is 7.11 Å². The average Bonchev–Trinajstić information content (AvgIpc) is 3.34. The van der Waals surface area contributed by atoms with Crippen LogP contribution in [-0.2, 0) is 23.7 Å². The Bertz CT molecular complexity index is 890. The molecule has 9 nitrogen and oxygen atoms in total. The molecule has 0 saturated carbocycles. The number of fused-ring (bicyclic) bond motifs is 1.